The van der Waals surface area contributed by atoms with Crippen molar-refractivity contribution < 1.29 is 9.53 Å². The summed E-state index contributed by atoms with van der Waals surface area (Å²) in [5.41, 5.74) is 2.49. The third kappa shape index (κ3) is 4.74. The summed E-state index contributed by atoms with van der Waals surface area (Å²) < 4.78 is 5.13. The van der Waals surface area contributed by atoms with Crippen molar-refractivity contribution in [1.29, 1.82) is 0 Å². The third-order valence-corrected chi connectivity index (χ3v) is 4.00. The number of rotatable bonds is 6. The maximum atomic E-state index is 12.3. The van der Waals surface area contributed by atoms with Gasteiger partial charge in [-0.05, 0) is 48.0 Å². The first-order valence-electron chi connectivity index (χ1n) is 8.04. The molecule has 5 nitrogen and oxygen atoms in total. The molecule has 0 aliphatic rings. The molecule has 0 unspecified atom stereocenters. The predicted molar refractivity (Wildman–Crippen MR) is 104 cm³/mol. The Hall–Kier alpha value is -3.05. The van der Waals surface area contributed by atoms with Gasteiger partial charge < -0.3 is 15.4 Å². The van der Waals surface area contributed by atoms with Crippen LogP contribution in [0.5, 0.6) is 5.75 Å². The van der Waals surface area contributed by atoms with Crippen LogP contribution >= 0.6 is 11.6 Å². The molecule has 0 aliphatic heterocycles. The maximum Gasteiger partial charge on any atom is 0.256 e. The van der Waals surface area contributed by atoms with E-state index in [0.717, 1.165) is 11.3 Å². The minimum absolute atomic E-state index is 0.238. The van der Waals surface area contributed by atoms with Gasteiger partial charge in [-0.15, -0.1) is 0 Å². The summed E-state index contributed by atoms with van der Waals surface area (Å²) in [7, 11) is 1.56. The average molecular weight is 368 g/mol. The number of nitrogens with zero attached hydrogens (tertiary/aromatic N) is 1. The Kier molecular flexibility index (Phi) is 5.71. The van der Waals surface area contributed by atoms with Crippen LogP contribution in [0, 0.1) is 0 Å². The Morgan fingerprint density at radius 1 is 1.12 bits per heavy atom. The van der Waals surface area contributed by atoms with Crippen molar-refractivity contribution in [3.8, 4) is 5.75 Å². The number of pyridine rings is 1. The van der Waals surface area contributed by atoms with E-state index >= 15 is 0 Å². The fourth-order valence-electron chi connectivity index (χ4n) is 2.33. The van der Waals surface area contributed by atoms with Crippen molar-refractivity contribution in [3.63, 3.8) is 0 Å². The van der Waals surface area contributed by atoms with Crippen LogP contribution in [0.2, 0.25) is 5.02 Å². The monoisotopic (exact) mass is 367 g/mol. The van der Waals surface area contributed by atoms with Crippen molar-refractivity contribution in [3.05, 3.63) is 83.0 Å². The highest BCUT2D eigenvalue weighted by atomic mass is 35.5. The molecular formula is C20H18ClN3O2. The lowest BCUT2D eigenvalue weighted by molar-refractivity contribution is 0.102. The molecule has 2 aromatic carbocycles. The smallest absolute Gasteiger partial charge is 0.256 e. The number of carbonyl (C=O) groups excluding carboxylic acids is 1. The third-order valence-electron chi connectivity index (χ3n) is 3.75. The molecule has 0 atom stereocenters. The Balaban J connectivity index is 1.58. The largest absolute Gasteiger partial charge is 0.497 e. The van der Waals surface area contributed by atoms with Crippen LogP contribution in [0.1, 0.15) is 15.9 Å². The van der Waals surface area contributed by atoms with E-state index in [1.54, 1.807) is 43.6 Å². The molecule has 2 N–H and O–H groups in total. The molecule has 3 aromatic rings. The van der Waals surface area contributed by atoms with Crippen molar-refractivity contribution in [1.82, 2.24) is 4.98 Å². The van der Waals surface area contributed by atoms with Crippen LogP contribution < -0.4 is 15.4 Å². The summed E-state index contributed by atoms with van der Waals surface area (Å²) in [6.07, 6.45) is 1.68. The van der Waals surface area contributed by atoms with E-state index in [4.69, 9.17) is 16.3 Å². The van der Waals surface area contributed by atoms with Crippen LogP contribution in [-0.2, 0) is 6.54 Å². The van der Waals surface area contributed by atoms with E-state index in [1.807, 2.05) is 30.3 Å². The standard InChI is InChI=1S/C20H18ClN3O2/c1-26-18-4-2-3-15(11-18)20(25)24-19-10-9-17(13-23-19)22-12-14-5-7-16(21)8-6-14/h2-11,13,22H,12H2,1H3,(H,23,24,25). The number of hydrogen-bond donors (Lipinski definition) is 2. The number of carbonyl (C=O) groups is 1. The molecule has 1 heterocycles. The summed E-state index contributed by atoms with van der Waals surface area (Å²) in [4.78, 5) is 16.5. The van der Waals surface area contributed by atoms with Crippen LogP contribution in [-0.4, -0.2) is 18.0 Å². The topological polar surface area (TPSA) is 63.2 Å². The van der Waals surface area contributed by atoms with Gasteiger partial charge in [0.2, 0.25) is 0 Å². The molecule has 0 bridgehead atoms. The molecule has 1 aromatic heterocycles. The molecule has 6 heteroatoms. The van der Waals surface area contributed by atoms with Gasteiger partial charge in [0.15, 0.2) is 0 Å². The summed E-state index contributed by atoms with van der Waals surface area (Å²) in [6, 6.07) is 18.2. The lowest BCUT2D eigenvalue weighted by Crippen LogP contribution is -2.13. The number of anilines is 2. The van der Waals surface area contributed by atoms with Crippen molar-refractivity contribution in [2.24, 2.45) is 0 Å². The molecule has 0 saturated heterocycles. The van der Waals surface area contributed by atoms with Crippen molar-refractivity contribution in [2.75, 3.05) is 17.7 Å². The average Bonchev–Trinajstić information content (AvgIpc) is 2.68. The number of aromatic nitrogens is 1. The number of hydrogen-bond acceptors (Lipinski definition) is 4. The van der Waals surface area contributed by atoms with Gasteiger partial charge in [0.05, 0.1) is 19.0 Å². The zero-order chi connectivity index (χ0) is 18.4. The Bertz CT molecular complexity index is 880. The van der Waals surface area contributed by atoms with Crippen molar-refractivity contribution >= 4 is 29.0 Å². The minimum Gasteiger partial charge on any atom is -0.497 e. The van der Waals surface area contributed by atoms with Gasteiger partial charge in [0.25, 0.3) is 5.91 Å². The van der Waals surface area contributed by atoms with Crippen LogP contribution in [0.3, 0.4) is 0 Å². The number of nitrogens with one attached hydrogen (secondary N) is 2. The van der Waals surface area contributed by atoms with Gasteiger partial charge in [-0.1, -0.05) is 29.8 Å². The Morgan fingerprint density at radius 2 is 1.92 bits per heavy atom. The SMILES string of the molecule is COc1cccc(C(=O)Nc2ccc(NCc3ccc(Cl)cc3)cn2)c1. The minimum atomic E-state index is -0.238. The zero-order valence-electron chi connectivity index (χ0n) is 14.2. The second kappa shape index (κ2) is 8.36. The lowest BCUT2D eigenvalue weighted by Gasteiger charge is -2.09. The molecule has 3 rings (SSSR count). The molecule has 132 valence electrons. The van der Waals surface area contributed by atoms with Gasteiger partial charge in [-0.3, -0.25) is 4.79 Å². The highest BCUT2D eigenvalue weighted by molar-refractivity contribution is 6.30. The predicted octanol–water partition coefficient (Wildman–Crippen LogP) is 4.61. The fraction of sp³-hybridized carbons (Fsp3) is 0.100. The molecule has 1 amide bonds. The molecule has 0 spiro atoms. The first-order valence-corrected chi connectivity index (χ1v) is 8.41. The highest BCUT2D eigenvalue weighted by Crippen LogP contribution is 2.16. The maximum absolute atomic E-state index is 12.3. The van der Waals surface area contributed by atoms with E-state index in [2.05, 4.69) is 15.6 Å². The molecular weight excluding hydrogens is 350 g/mol. The van der Waals surface area contributed by atoms with E-state index in [-0.39, 0.29) is 5.91 Å². The number of methoxy groups -OCH3 is 1. The summed E-state index contributed by atoms with van der Waals surface area (Å²) in [5.74, 6) is 0.875. The van der Waals surface area contributed by atoms with Gasteiger partial charge >= 0.3 is 0 Å². The fourth-order valence-corrected chi connectivity index (χ4v) is 2.46. The van der Waals surface area contributed by atoms with Gasteiger partial charge in [-0.2, -0.15) is 0 Å². The molecule has 26 heavy (non-hydrogen) atoms. The second-order valence-corrected chi connectivity index (χ2v) is 6.03. The summed E-state index contributed by atoms with van der Waals surface area (Å²) in [5, 5.41) is 6.76. The molecule has 0 radical (unpaired) electrons. The Morgan fingerprint density at radius 3 is 2.62 bits per heavy atom. The first-order chi connectivity index (χ1) is 12.6. The van der Waals surface area contributed by atoms with E-state index < -0.39 is 0 Å². The highest BCUT2D eigenvalue weighted by Gasteiger charge is 2.08. The number of amides is 1. The normalized spacial score (nSPS) is 10.2. The van der Waals surface area contributed by atoms with Crippen LogP contribution in [0.4, 0.5) is 11.5 Å². The first kappa shape index (κ1) is 17.8. The Labute approximate surface area is 157 Å². The molecule has 0 fully saturated rings. The van der Waals surface area contributed by atoms with Crippen LogP contribution in [0.25, 0.3) is 0 Å². The van der Waals surface area contributed by atoms with Crippen LogP contribution in [0.15, 0.2) is 66.9 Å². The molecule has 0 saturated carbocycles. The van der Waals surface area contributed by atoms with E-state index in [9.17, 15) is 4.79 Å². The van der Waals surface area contributed by atoms with Gasteiger partial charge in [0, 0.05) is 17.1 Å². The number of benzene rings is 2. The molecule has 0 aliphatic carbocycles. The second-order valence-electron chi connectivity index (χ2n) is 5.60. The van der Waals surface area contributed by atoms with Gasteiger partial charge in [0.1, 0.15) is 11.6 Å². The lowest BCUT2D eigenvalue weighted by atomic mass is 10.2. The number of halogens is 1. The van der Waals surface area contributed by atoms with E-state index in [1.165, 1.54) is 0 Å². The van der Waals surface area contributed by atoms with E-state index in [0.29, 0.717) is 28.7 Å². The van der Waals surface area contributed by atoms with Crippen molar-refractivity contribution in [2.45, 2.75) is 6.54 Å². The summed E-state index contributed by atoms with van der Waals surface area (Å²) in [6.45, 7) is 0.661. The zero-order valence-corrected chi connectivity index (χ0v) is 15.0. The number of ether oxygens (including phenoxy) is 1. The summed E-state index contributed by atoms with van der Waals surface area (Å²) >= 11 is 5.88. The van der Waals surface area contributed by atoms with Gasteiger partial charge in [-0.25, -0.2) is 4.98 Å². The quantitative estimate of drug-likeness (QED) is 0.668.